The number of nitrogens with one attached hydrogen (secondary N) is 1. The van der Waals surface area contributed by atoms with Crippen LogP contribution in [0.25, 0.3) is 0 Å². The molecule has 130 valence electrons. The largest absolute Gasteiger partial charge is 0.427 e. The van der Waals surface area contributed by atoms with Crippen LogP contribution >= 0.6 is 0 Å². The number of rotatable bonds is 8. The highest BCUT2D eigenvalue weighted by Crippen LogP contribution is 2.25. The number of hydrogen-bond acceptors (Lipinski definition) is 5. The number of unbranched alkanes of at least 4 members (excludes halogenated alkanes) is 1. The lowest BCUT2D eigenvalue weighted by molar-refractivity contribution is -0.139. The van der Waals surface area contributed by atoms with Crippen molar-refractivity contribution in [2.75, 3.05) is 11.9 Å². The highest BCUT2D eigenvalue weighted by atomic mass is 16.5. The van der Waals surface area contributed by atoms with Crippen molar-refractivity contribution in [1.82, 2.24) is 0 Å². The average Bonchev–Trinajstić information content (AvgIpc) is 2.54. The molecule has 24 heavy (non-hydrogen) atoms. The number of amides is 1. The lowest BCUT2D eigenvalue weighted by Crippen LogP contribution is -2.43. The summed E-state index contributed by atoms with van der Waals surface area (Å²) in [6.07, 6.45) is 2.41. The van der Waals surface area contributed by atoms with Crippen molar-refractivity contribution in [2.24, 2.45) is 0 Å². The van der Waals surface area contributed by atoms with Gasteiger partial charge in [0.1, 0.15) is 17.4 Å². The third kappa shape index (κ3) is 5.36. The summed E-state index contributed by atoms with van der Waals surface area (Å²) in [5.74, 6) is -0.510. The molecule has 0 unspecified atom stereocenters. The van der Waals surface area contributed by atoms with Crippen LogP contribution in [0.1, 0.15) is 52.5 Å². The van der Waals surface area contributed by atoms with Crippen LogP contribution in [-0.2, 0) is 14.3 Å². The van der Waals surface area contributed by atoms with Crippen molar-refractivity contribution in [2.45, 2.75) is 52.6 Å². The maximum Gasteiger partial charge on any atom is 0.308 e. The minimum atomic E-state index is -0.952. The van der Waals surface area contributed by atoms with Gasteiger partial charge >= 0.3 is 5.97 Å². The fourth-order valence-corrected chi connectivity index (χ4v) is 2.29. The summed E-state index contributed by atoms with van der Waals surface area (Å²) in [5.41, 5.74) is -0.372. The Morgan fingerprint density at radius 1 is 1.33 bits per heavy atom. The molecule has 0 saturated heterocycles. The molecule has 0 aliphatic heterocycles. The summed E-state index contributed by atoms with van der Waals surface area (Å²) in [4.78, 5) is 23.6. The van der Waals surface area contributed by atoms with Crippen LogP contribution in [0.15, 0.2) is 18.2 Å². The number of nitrogens with zero attached hydrogens (tertiary/aromatic N) is 1. The van der Waals surface area contributed by atoms with Gasteiger partial charge in [-0.2, -0.15) is 5.26 Å². The number of carbonyl (C=O) groups is 2. The molecule has 1 atom stereocenters. The molecule has 0 heterocycles. The number of esters is 1. The molecule has 6 heteroatoms. The van der Waals surface area contributed by atoms with Gasteiger partial charge in [0.2, 0.25) is 0 Å². The first kappa shape index (κ1) is 19.7. The Balaban J connectivity index is 2.99. The number of benzene rings is 1. The normalized spacial score (nSPS) is 12.8. The zero-order chi connectivity index (χ0) is 18.2. The van der Waals surface area contributed by atoms with E-state index in [1.807, 2.05) is 19.9 Å². The maximum absolute atomic E-state index is 12.6. The third-order valence-electron chi connectivity index (χ3n) is 3.57. The van der Waals surface area contributed by atoms with Crippen molar-refractivity contribution >= 4 is 17.6 Å². The van der Waals surface area contributed by atoms with Crippen LogP contribution in [0.4, 0.5) is 5.69 Å². The van der Waals surface area contributed by atoms with Crippen molar-refractivity contribution in [3.63, 3.8) is 0 Å². The van der Waals surface area contributed by atoms with E-state index in [1.165, 1.54) is 19.1 Å². The Hall–Kier alpha value is -2.39. The van der Waals surface area contributed by atoms with E-state index in [4.69, 9.17) is 9.47 Å². The molecular weight excluding hydrogens is 308 g/mol. The molecule has 0 aromatic heterocycles. The van der Waals surface area contributed by atoms with Crippen LogP contribution in [-0.4, -0.2) is 24.1 Å². The van der Waals surface area contributed by atoms with E-state index in [9.17, 15) is 14.9 Å². The maximum atomic E-state index is 12.6. The second-order valence-electron chi connectivity index (χ2n) is 5.63. The summed E-state index contributed by atoms with van der Waals surface area (Å²) < 4.78 is 10.6. The van der Waals surface area contributed by atoms with E-state index >= 15 is 0 Å². The van der Waals surface area contributed by atoms with E-state index in [0.29, 0.717) is 18.7 Å². The Labute approximate surface area is 142 Å². The van der Waals surface area contributed by atoms with Crippen LogP contribution in [0, 0.1) is 11.3 Å². The first-order valence-corrected chi connectivity index (χ1v) is 8.04. The standard InChI is InChI=1S/C18H24N2O4/c1-5-7-10-18(4,23-6-2)17(22)20-16-9-8-15(24-13(3)21)11-14(16)12-19/h8-9,11H,5-7,10H2,1-4H3,(H,20,22)/t18-/m1/s1. The van der Waals surface area contributed by atoms with Crippen LogP contribution in [0.2, 0.25) is 0 Å². The summed E-state index contributed by atoms with van der Waals surface area (Å²) in [7, 11) is 0. The molecule has 0 radical (unpaired) electrons. The Morgan fingerprint density at radius 2 is 2.04 bits per heavy atom. The zero-order valence-electron chi connectivity index (χ0n) is 14.6. The molecule has 0 fully saturated rings. The quantitative estimate of drug-likeness (QED) is 0.582. The van der Waals surface area contributed by atoms with Gasteiger partial charge in [-0.25, -0.2) is 0 Å². The van der Waals surface area contributed by atoms with Gasteiger partial charge in [-0.1, -0.05) is 19.8 Å². The molecule has 1 rings (SSSR count). The summed E-state index contributed by atoms with van der Waals surface area (Å²) in [5, 5.41) is 12.0. The van der Waals surface area contributed by atoms with Gasteiger partial charge in [0.05, 0.1) is 11.3 Å². The fraction of sp³-hybridized carbons (Fsp3) is 0.500. The summed E-state index contributed by atoms with van der Waals surface area (Å²) in [6, 6.07) is 6.48. The molecule has 0 saturated carbocycles. The molecule has 1 aromatic rings. The van der Waals surface area contributed by atoms with Gasteiger partial charge in [0, 0.05) is 19.6 Å². The average molecular weight is 332 g/mol. The Bertz CT molecular complexity index is 636. The number of anilines is 1. The SMILES string of the molecule is CCCC[C@@](C)(OCC)C(=O)Nc1ccc(OC(C)=O)cc1C#N. The molecule has 0 spiro atoms. The van der Waals surface area contributed by atoms with E-state index in [-0.39, 0.29) is 17.2 Å². The van der Waals surface area contributed by atoms with Gasteiger partial charge in [0.15, 0.2) is 0 Å². The lowest BCUT2D eigenvalue weighted by atomic mass is 9.97. The first-order valence-electron chi connectivity index (χ1n) is 8.04. The third-order valence-corrected chi connectivity index (χ3v) is 3.57. The smallest absolute Gasteiger partial charge is 0.308 e. The summed E-state index contributed by atoms with van der Waals surface area (Å²) in [6.45, 7) is 7.34. The molecule has 0 aliphatic carbocycles. The van der Waals surface area contributed by atoms with Gasteiger partial charge in [-0.3, -0.25) is 9.59 Å². The minimum absolute atomic E-state index is 0.219. The lowest BCUT2D eigenvalue weighted by Gasteiger charge is -2.28. The first-order chi connectivity index (χ1) is 11.4. The molecule has 1 amide bonds. The topological polar surface area (TPSA) is 88.4 Å². The van der Waals surface area contributed by atoms with Crippen LogP contribution in [0.3, 0.4) is 0 Å². The van der Waals surface area contributed by atoms with Gasteiger partial charge < -0.3 is 14.8 Å². The van der Waals surface area contributed by atoms with Crippen molar-refractivity contribution in [3.8, 4) is 11.8 Å². The van der Waals surface area contributed by atoms with Crippen molar-refractivity contribution in [3.05, 3.63) is 23.8 Å². The molecule has 1 N–H and O–H groups in total. The van der Waals surface area contributed by atoms with Crippen molar-refractivity contribution in [1.29, 1.82) is 5.26 Å². The van der Waals surface area contributed by atoms with E-state index in [1.54, 1.807) is 13.0 Å². The molecular formula is C18H24N2O4. The van der Waals surface area contributed by atoms with Crippen molar-refractivity contribution < 1.29 is 19.1 Å². The molecule has 0 bridgehead atoms. The predicted molar refractivity (Wildman–Crippen MR) is 90.7 cm³/mol. The molecule has 6 nitrogen and oxygen atoms in total. The zero-order valence-corrected chi connectivity index (χ0v) is 14.6. The molecule has 1 aromatic carbocycles. The summed E-state index contributed by atoms with van der Waals surface area (Å²) >= 11 is 0. The predicted octanol–water partition coefficient (Wildman–Crippen LogP) is 3.41. The Kier molecular flexibility index (Phi) is 7.40. The fourth-order valence-electron chi connectivity index (χ4n) is 2.29. The monoisotopic (exact) mass is 332 g/mol. The van der Waals surface area contributed by atoms with E-state index in [0.717, 1.165) is 12.8 Å². The highest BCUT2D eigenvalue weighted by Gasteiger charge is 2.33. The van der Waals surface area contributed by atoms with E-state index in [2.05, 4.69) is 5.32 Å². The minimum Gasteiger partial charge on any atom is -0.427 e. The second-order valence-corrected chi connectivity index (χ2v) is 5.63. The number of ether oxygens (including phenoxy) is 2. The van der Waals surface area contributed by atoms with Gasteiger partial charge in [0.25, 0.3) is 5.91 Å². The highest BCUT2D eigenvalue weighted by molar-refractivity contribution is 5.98. The van der Waals surface area contributed by atoms with E-state index < -0.39 is 11.6 Å². The van der Waals surface area contributed by atoms with Crippen LogP contribution < -0.4 is 10.1 Å². The molecule has 0 aliphatic rings. The van der Waals surface area contributed by atoms with Crippen LogP contribution in [0.5, 0.6) is 5.75 Å². The number of carbonyl (C=O) groups excluding carboxylic acids is 2. The van der Waals surface area contributed by atoms with Gasteiger partial charge in [-0.05, 0) is 32.4 Å². The second kappa shape index (κ2) is 9.04. The number of nitriles is 1. The Morgan fingerprint density at radius 3 is 2.58 bits per heavy atom. The van der Waals surface area contributed by atoms with Gasteiger partial charge in [-0.15, -0.1) is 0 Å². The number of hydrogen-bond donors (Lipinski definition) is 1.